The zero-order valence-corrected chi connectivity index (χ0v) is 23.5. The van der Waals surface area contributed by atoms with Gasteiger partial charge in [-0.2, -0.15) is 0 Å². The van der Waals surface area contributed by atoms with E-state index in [-0.39, 0.29) is 30.2 Å². The Morgan fingerprint density at radius 2 is 1.71 bits per heavy atom. The lowest BCUT2D eigenvalue weighted by molar-refractivity contribution is -0.145. The van der Waals surface area contributed by atoms with E-state index in [9.17, 15) is 19.5 Å². The summed E-state index contributed by atoms with van der Waals surface area (Å²) >= 11 is 1.56. The summed E-state index contributed by atoms with van der Waals surface area (Å²) in [5.41, 5.74) is 0.705. The summed E-state index contributed by atoms with van der Waals surface area (Å²) in [5.74, 6) is -0.929. The Hall–Kier alpha value is -2.78. The molecule has 204 valence electrons. The van der Waals surface area contributed by atoms with Gasteiger partial charge in [0.1, 0.15) is 11.8 Å². The zero-order valence-electron chi connectivity index (χ0n) is 22.7. The number of anilines is 1. The van der Waals surface area contributed by atoms with E-state index in [1.807, 2.05) is 69.3 Å². The Balaban J connectivity index is 1.66. The molecule has 38 heavy (non-hydrogen) atoms. The molecule has 5 rings (SSSR count). The van der Waals surface area contributed by atoms with Crippen molar-refractivity contribution in [3.05, 3.63) is 48.6 Å². The predicted molar refractivity (Wildman–Crippen MR) is 148 cm³/mol. The highest BCUT2D eigenvalue weighted by atomic mass is 32.2. The Kier molecular flexibility index (Phi) is 6.88. The number of rotatable bonds is 6. The summed E-state index contributed by atoms with van der Waals surface area (Å²) in [5, 5.41) is 10.5. The van der Waals surface area contributed by atoms with Crippen molar-refractivity contribution in [2.24, 2.45) is 17.8 Å². The smallest absolute Gasteiger partial charge is 0.251 e. The van der Waals surface area contributed by atoms with E-state index >= 15 is 0 Å². The van der Waals surface area contributed by atoms with Crippen molar-refractivity contribution in [3.8, 4) is 5.75 Å². The third-order valence-electron chi connectivity index (χ3n) is 8.43. The van der Waals surface area contributed by atoms with Gasteiger partial charge in [-0.25, -0.2) is 0 Å². The lowest BCUT2D eigenvalue weighted by atomic mass is 9.74. The Bertz CT molecular complexity index is 1180. The molecule has 1 aromatic carbocycles. The fourth-order valence-corrected chi connectivity index (χ4v) is 8.93. The number of nitrogens with zero attached hydrogens (tertiary/aromatic N) is 3. The second-order valence-electron chi connectivity index (χ2n) is 11.4. The first kappa shape index (κ1) is 26.8. The molecule has 4 heterocycles. The van der Waals surface area contributed by atoms with E-state index in [1.165, 1.54) is 0 Å². The number of fused-ring (bicyclic) bond motifs is 2. The third-order valence-corrected chi connectivity index (χ3v) is 10.2. The second kappa shape index (κ2) is 9.75. The summed E-state index contributed by atoms with van der Waals surface area (Å²) in [7, 11) is 3.36. The van der Waals surface area contributed by atoms with Gasteiger partial charge < -0.3 is 24.5 Å². The van der Waals surface area contributed by atoms with Gasteiger partial charge in [0, 0.05) is 30.6 Å². The molecular weight excluding hydrogens is 502 g/mol. The summed E-state index contributed by atoms with van der Waals surface area (Å²) < 4.78 is 3.72. The fourth-order valence-electron chi connectivity index (χ4n) is 6.79. The average Bonchev–Trinajstić information content (AvgIpc) is 3.17. The molecule has 1 aromatic rings. The number of thioether (sulfide) groups is 1. The van der Waals surface area contributed by atoms with E-state index in [1.54, 1.807) is 40.6 Å². The van der Waals surface area contributed by atoms with Crippen LogP contribution in [0.25, 0.3) is 0 Å². The number of carbonyl (C=O) groups is 3. The normalized spacial score (nSPS) is 33.3. The Morgan fingerprint density at radius 1 is 1.03 bits per heavy atom. The molecule has 0 aromatic heterocycles. The number of aliphatic hydroxyl groups excluding tert-OH is 1. The van der Waals surface area contributed by atoms with Gasteiger partial charge in [0.15, 0.2) is 0 Å². The van der Waals surface area contributed by atoms with E-state index in [0.29, 0.717) is 30.9 Å². The van der Waals surface area contributed by atoms with Crippen molar-refractivity contribution in [2.75, 3.05) is 38.8 Å². The minimum atomic E-state index is -0.933. The molecule has 2 fully saturated rings. The van der Waals surface area contributed by atoms with Crippen molar-refractivity contribution >= 4 is 35.2 Å². The van der Waals surface area contributed by atoms with Crippen LogP contribution in [0.5, 0.6) is 5.75 Å². The van der Waals surface area contributed by atoms with Crippen LogP contribution in [0.3, 0.4) is 0 Å². The Labute approximate surface area is 228 Å². The highest BCUT2D eigenvalue weighted by Crippen LogP contribution is 2.66. The van der Waals surface area contributed by atoms with E-state index < -0.39 is 33.4 Å². The number of hydrogen-bond acceptors (Lipinski definition) is 6. The summed E-state index contributed by atoms with van der Waals surface area (Å²) in [4.78, 5) is 47.8. The molecule has 3 amide bonds. The maximum absolute atomic E-state index is 14.6. The number of likely N-dealkylation sites (N-methyl/N-ethyl adjacent to an activating group) is 1. The number of carbonyl (C=O) groups excluding carboxylic acids is 3. The van der Waals surface area contributed by atoms with Crippen molar-refractivity contribution in [1.82, 2.24) is 9.80 Å². The molecule has 9 heteroatoms. The van der Waals surface area contributed by atoms with Crippen LogP contribution in [0.4, 0.5) is 5.69 Å². The van der Waals surface area contributed by atoms with Gasteiger partial charge in [-0.1, -0.05) is 38.2 Å². The maximum atomic E-state index is 14.6. The number of aliphatic hydroxyl groups is 1. The first-order valence-electron chi connectivity index (χ1n) is 13.3. The maximum Gasteiger partial charge on any atom is 0.251 e. The highest BCUT2D eigenvalue weighted by Gasteiger charge is 2.74. The average molecular weight is 540 g/mol. The molecule has 0 saturated carbocycles. The van der Waals surface area contributed by atoms with Gasteiger partial charge in [0.25, 0.3) is 5.91 Å². The van der Waals surface area contributed by atoms with Crippen LogP contribution in [0.1, 0.15) is 27.2 Å². The molecule has 4 aliphatic heterocycles. The number of benzene rings is 1. The molecule has 1 unspecified atom stereocenters. The number of likely N-dealkylation sites (tertiary alicyclic amines) is 1. The Morgan fingerprint density at radius 3 is 2.34 bits per heavy atom. The largest absolute Gasteiger partial charge is 0.497 e. The molecule has 0 radical (unpaired) electrons. The van der Waals surface area contributed by atoms with E-state index in [2.05, 4.69) is 0 Å². The summed E-state index contributed by atoms with van der Waals surface area (Å²) in [6, 6.07) is 5.93. The number of hydrogen-bond donors (Lipinski definition) is 1. The van der Waals surface area contributed by atoms with Gasteiger partial charge >= 0.3 is 0 Å². The molecule has 8 nitrogen and oxygen atoms in total. The van der Waals surface area contributed by atoms with Gasteiger partial charge in [0.05, 0.1) is 36.3 Å². The third kappa shape index (κ3) is 3.97. The van der Waals surface area contributed by atoms with Crippen LogP contribution in [0, 0.1) is 17.8 Å². The van der Waals surface area contributed by atoms with Crippen LogP contribution < -0.4 is 9.64 Å². The fraction of sp³-hybridized carbons (Fsp3) is 0.552. The molecule has 2 saturated heterocycles. The first-order chi connectivity index (χ1) is 18.1. The summed E-state index contributed by atoms with van der Waals surface area (Å²) in [6.45, 7) is 6.68. The van der Waals surface area contributed by atoms with Gasteiger partial charge in [-0.3, -0.25) is 14.4 Å². The van der Waals surface area contributed by atoms with Crippen LogP contribution in [-0.4, -0.2) is 88.1 Å². The standard InChI is InChI=1S/C29H37N3O5S/c1-18(2)16-20(17-33)32-24-27(36)31(19-8-10-21(37-5)11-9-19)15-7-13-29(24)23(26(32)35)22-25(34)30(4)14-6-12-28(22,3)38-29/h6-13,18,20,22-24,33H,14-17H2,1-5H3/t20-,22-,23+,24?,28+,29+/m1/s1. The minimum Gasteiger partial charge on any atom is -0.497 e. The summed E-state index contributed by atoms with van der Waals surface area (Å²) in [6.07, 6.45) is 8.56. The second-order valence-corrected chi connectivity index (χ2v) is 13.2. The molecule has 1 spiro atoms. The molecule has 4 aliphatic rings. The molecular formula is C29H37N3O5S. The van der Waals surface area contributed by atoms with Gasteiger partial charge in [-0.15, -0.1) is 11.8 Å². The number of amides is 3. The van der Waals surface area contributed by atoms with Gasteiger partial charge in [0.2, 0.25) is 11.8 Å². The molecule has 0 aliphatic carbocycles. The zero-order chi connectivity index (χ0) is 27.4. The highest BCUT2D eigenvalue weighted by molar-refractivity contribution is 8.02. The van der Waals surface area contributed by atoms with Crippen LogP contribution in [-0.2, 0) is 14.4 Å². The molecule has 6 atom stereocenters. The number of methoxy groups -OCH3 is 1. The van der Waals surface area contributed by atoms with Crippen molar-refractivity contribution in [1.29, 1.82) is 0 Å². The lowest BCUT2D eigenvalue weighted by Gasteiger charge is -2.40. The monoisotopic (exact) mass is 539 g/mol. The van der Waals surface area contributed by atoms with Crippen molar-refractivity contribution in [3.63, 3.8) is 0 Å². The number of ether oxygens (including phenoxy) is 1. The van der Waals surface area contributed by atoms with E-state index in [0.717, 1.165) is 0 Å². The first-order valence-corrected chi connectivity index (χ1v) is 14.1. The van der Waals surface area contributed by atoms with Crippen molar-refractivity contribution in [2.45, 2.75) is 48.8 Å². The van der Waals surface area contributed by atoms with Crippen molar-refractivity contribution < 1.29 is 24.2 Å². The quantitative estimate of drug-likeness (QED) is 0.559. The molecule has 1 N–H and O–H groups in total. The van der Waals surface area contributed by atoms with Crippen LogP contribution in [0.2, 0.25) is 0 Å². The van der Waals surface area contributed by atoms with Gasteiger partial charge in [-0.05, 0) is 43.5 Å². The minimum absolute atomic E-state index is 0.0812. The molecule has 0 bridgehead atoms. The SMILES string of the molecule is COc1ccc(N2CC=C[C@]34S[C@@]5(C)C=CCN(C)C(=O)[C@H]5[C@H]3C(=O)N([C@@H](CO)CC(C)C)C4C2=O)cc1. The van der Waals surface area contributed by atoms with Crippen LogP contribution >= 0.6 is 11.8 Å². The lowest BCUT2D eigenvalue weighted by Crippen LogP contribution is -2.57. The topological polar surface area (TPSA) is 90.4 Å². The van der Waals surface area contributed by atoms with Crippen LogP contribution in [0.15, 0.2) is 48.6 Å². The predicted octanol–water partition coefficient (Wildman–Crippen LogP) is 2.72. The van der Waals surface area contributed by atoms with E-state index in [4.69, 9.17) is 4.74 Å².